The average Bonchev–Trinajstić information content (AvgIpc) is 1.99. The molecule has 3 heteroatoms. The summed E-state index contributed by atoms with van der Waals surface area (Å²) < 4.78 is 4.82. The minimum Gasteiger partial charge on any atom is -0.382 e. The van der Waals surface area contributed by atoms with Gasteiger partial charge < -0.3 is 4.74 Å². The molecular formula is C8H19NO2. The van der Waals surface area contributed by atoms with Crippen molar-refractivity contribution in [3.05, 3.63) is 0 Å². The third-order valence-electron chi connectivity index (χ3n) is 1.40. The second-order valence-electron chi connectivity index (χ2n) is 2.65. The Morgan fingerprint density at radius 3 is 2.64 bits per heavy atom. The van der Waals surface area contributed by atoms with Crippen molar-refractivity contribution in [2.75, 3.05) is 20.3 Å². The van der Waals surface area contributed by atoms with E-state index in [2.05, 4.69) is 19.3 Å². The maximum atomic E-state index is 5.11. The van der Waals surface area contributed by atoms with Gasteiger partial charge in [-0.2, -0.15) is 5.48 Å². The van der Waals surface area contributed by atoms with Gasteiger partial charge in [-0.15, -0.1) is 0 Å². The minimum atomic E-state index is 0.442. The van der Waals surface area contributed by atoms with Gasteiger partial charge in [-0.25, -0.2) is 0 Å². The highest BCUT2D eigenvalue weighted by Gasteiger charge is 1.97. The van der Waals surface area contributed by atoms with E-state index in [1.165, 1.54) is 6.42 Å². The second-order valence-corrected chi connectivity index (χ2v) is 2.65. The molecule has 0 spiro atoms. The van der Waals surface area contributed by atoms with E-state index in [0.717, 1.165) is 6.42 Å². The normalized spacial score (nSPS) is 13.4. The molecule has 0 fully saturated rings. The molecule has 0 radical (unpaired) electrons. The molecule has 0 aromatic heterocycles. The van der Waals surface area contributed by atoms with Gasteiger partial charge in [0.1, 0.15) is 0 Å². The number of rotatable bonds is 7. The molecular weight excluding hydrogens is 142 g/mol. The summed E-state index contributed by atoms with van der Waals surface area (Å²) in [5, 5.41) is 0. The first kappa shape index (κ1) is 10.9. The molecule has 0 bridgehead atoms. The van der Waals surface area contributed by atoms with Crippen LogP contribution in [-0.2, 0) is 9.57 Å². The summed E-state index contributed by atoms with van der Waals surface area (Å²) in [5.41, 5.74) is 2.94. The zero-order valence-corrected chi connectivity index (χ0v) is 7.72. The lowest BCUT2D eigenvalue weighted by atomic mass is 10.2. The fourth-order valence-corrected chi connectivity index (χ4v) is 0.818. The van der Waals surface area contributed by atoms with Crippen LogP contribution in [0.3, 0.4) is 0 Å². The highest BCUT2D eigenvalue weighted by atomic mass is 16.7. The maximum Gasteiger partial charge on any atom is 0.0915 e. The van der Waals surface area contributed by atoms with Gasteiger partial charge in [0.15, 0.2) is 0 Å². The number of hydrogen-bond acceptors (Lipinski definition) is 3. The first-order valence-electron chi connectivity index (χ1n) is 4.17. The number of nitrogens with one attached hydrogen (secondary N) is 1. The summed E-state index contributed by atoms with van der Waals surface area (Å²) in [6.45, 7) is 5.53. The van der Waals surface area contributed by atoms with Gasteiger partial charge in [-0.1, -0.05) is 13.3 Å². The van der Waals surface area contributed by atoms with Gasteiger partial charge >= 0.3 is 0 Å². The van der Waals surface area contributed by atoms with E-state index in [4.69, 9.17) is 9.57 Å². The van der Waals surface area contributed by atoms with Crippen LogP contribution >= 0.6 is 0 Å². The lowest BCUT2D eigenvalue weighted by Gasteiger charge is -2.11. The molecule has 1 atom stereocenters. The highest BCUT2D eigenvalue weighted by molar-refractivity contribution is 4.51. The lowest BCUT2D eigenvalue weighted by molar-refractivity contribution is -0.0101. The molecule has 0 saturated heterocycles. The summed E-state index contributed by atoms with van der Waals surface area (Å²) in [6.07, 6.45) is 2.33. The van der Waals surface area contributed by atoms with Crippen LogP contribution in [-0.4, -0.2) is 26.4 Å². The number of hydroxylamine groups is 1. The fraction of sp³-hybridized carbons (Fsp3) is 1.00. The second kappa shape index (κ2) is 7.98. The van der Waals surface area contributed by atoms with Crippen LogP contribution in [0.2, 0.25) is 0 Å². The molecule has 3 nitrogen and oxygen atoms in total. The van der Waals surface area contributed by atoms with Gasteiger partial charge in [0.2, 0.25) is 0 Å². The van der Waals surface area contributed by atoms with E-state index in [1.807, 2.05) is 0 Å². The van der Waals surface area contributed by atoms with Gasteiger partial charge in [0, 0.05) is 13.2 Å². The predicted molar refractivity (Wildman–Crippen MR) is 45.3 cm³/mol. The average molecular weight is 161 g/mol. The van der Waals surface area contributed by atoms with Crippen LogP contribution in [0.1, 0.15) is 26.7 Å². The van der Waals surface area contributed by atoms with E-state index in [9.17, 15) is 0 Å². The van der Waals surface area contributed by atoms with Gasteiger partial charge in [0.05, 0.1) is 13.2 Å². The number of methoxy groups -OCH3 is 1. The number of ether oxygens (including phenoxy) is 1. The summed E-state index contributed by atoms with van der Waals surface area (Å²) in [6, 6.07) is 0.442. The molecule has 0 amide bonds. The van der Waals surface area contributed by atoms with Crippen molar-refractivity contribution < 1.29 is 9.57 Å². The summed E-state index contributed by atoms with van der Waals surface area (Å²) in [4.78, 5) is 5.11. The van der Waals surface area contributed by atoms with Crippen molar-refractivity contribution in [1.82, 2.24) is 5.48 Å². The van der Waals surface area contributed by atoms with E-state index in [1.54, 1.807) is 7.11 Å². The monoisotopic (exact) mass is 161 g/mol. The van der Waals surface area contributed by atoms with Crippen LogP contribution in [0.15, 0.2) is 0 Å². The third kappa shape index (κ3) is 7.78. The van der Waals surface area contributed by atoms with Gasteiger partial charge in [-0.3, -0.25) is 4.84 Å². The molecule has 0 rings (SSSR count). The third-order valence-corrected chi connectivity index (χ3v) is 1.40. The molecule has 0 aliphatic heterocycles. The SMILES string of the molecule is CCCC(C)NOCCOC. The summed E-state index contributed by atoms with van der Waals surface area (Å²) in [5.74, 6) is 0. The van der Waals surface area contributed by atoms with Crippen molar-refractivity contribution >= 4 is 0 Å². The summed E-state index contributed by atoms with van der Waals surface area (Å²) >= 11 is 0. The van der Waals surface area contributed by atoms with Crippen molar-refractivity contribution in [2.24, 2.45) is 0 Å². The molecule has 0 aliphatic carbocycles. The van der Waals surface area contributed by atoms with E-state index >= 15 is 0 Å². The Kier molecular flexibility index (Phi) is 7.89. The Bertz CT molecular complexity index is 78.5. The molecule has 0 saturated carbocycles. The molecule has 0 heterocycles. The molecule has 1 N–H and O–H groups in total. The Labute approximate surface area is 69.0 Å². The first-order valence-corrected chi connectivity index (χ1v) is 4.17. The maximum absolute atomic E-state index is 5.11. The lowest BCUT2D eigenvalue weighted by Crippen LogP contribution is -2.27. The Balaban J connectivity index is 2.97. The van der Waals surface area contributed by atoms with Crippen LogP contribution < -0.4 is 5.48 Å². The summed E-state index contributed by atoms with van der Waals surface area (Å²) in [7, 11) is 1.67. The van der Waals surface area contributed by atoms with E-state index in [-0.39, 0.29) is 0 Å². The zero-order chi connectivity index (χ0) is 8.53. The number of hydrogen-bond donors (Lipinski definition) is 1. The van der Waals surface area contributed by atoms with Crippen molar-refractivity contribution in [2.45, 2.75) is 32.7 Å². The molecule has 0 aromatic carbocycles. The Morgan fingerprint density at radius 2 is 2.09 bits per heavy atom. The standard InChI is InChI=1S/C8H19NO2/c1-4-5-8(2)9-11-7-6-10-3/h8-9H,4-7H2,1-3H3. The highest BCUT2D eigenvalue weighted by Crippen LogP contribution is 1.93. The fourth-order valence-electron chi connectivity index (χ4n) is 0.818. The molecule has 0 aromatic rings. The smallest absolute Gasteiger partial charge is 0.0915 e. The van der Waals surface area contributed by atoms with Crippen molar-refractivity contribution in [3.8, 4) is 0 Å². The van der Waals surface area contributed by atoms with Crippen LogP contribution in [0.25, 0.3) is 0 Å². The van der Waals surface area contributed by atoms with Crippen molar-refractivity contribution in [1.29, 1.82) is 0 Å². The van der Waals surface area contributed by atoms with Gasteiger partial charge in [0.25, 0.3) is 0 Å². The van der Waals surface area contributed by atoms with Crippen LogP contribution in [0.5, 0.6) is 0 Å². The minimum absolute atomic E-state index is 0.442. The Morgan fingerprint density at radius 1 is 1.36 bits per heavy atom. The van der Waals surface area contributed by atoms with Gasteiger partial charge in [-0.05, 0) is 13.3 Å². The first-order chi connectivity index (χ1) is 5.31. The van der Waals surface area contributed by atoms with E-state index < -0.39 is 0 Å². The molecule has 68 valence electrons. The van der Waals surface area contributed by atoms with Crippen molar-refractivity contribution in [3.63, 3.8) is 0 Å². The van der Waals surface area contributed by atoms with Crippen LogP contribution in [0, 0.1) is 0 Å². The quantitative estimate of drug-likeness (QED) is 0.451. The topological polar surface area (TPSA) is 30.5 Å². The Hall–Kier alpha value is -0.120. The molecule has 1 unspecified atom stereocenters. The zero-order valence-electron chi connectivity index (χ0n) is 7.72. The van der Waals surface area contributed by atoms with E-state index in [0.29, 0.717) is 19.3 Å². The predicted octanol–water partition coefficient (Wildman–Crippen LogP) is 1.34. The van der Waals surface area contributed by atoms with Crippen LogP contribution in [0.4, 0.5) is 0 Å². The largest absolute Gasteiger partial charge is 0.382 e. The molecule has 0 aliphatic rings. The molecule has 11 heavy (non-hydrogen) atoms.